The molecule has 1 saturated heterocycles. The van der Waals surface area contributed by atoms with Gasteiger partial charge in [0, 0.05) is 35.6 Å². The van der Waals surface area contributed by atoms with Crippen molar-refractivity contribution in [3.05, 3.63) is 46.8 Å². The van der Waals surface area contributed by atoms with Gasteiger partial charge in [0.2, 0.25) is 0 Å². The summed E-state index contributed by atoms with van der Waals surface area (Å²) in [7, 11) is 0. The lowest BCUT2D eigenvalue weighted by Crippen LogP contribution is -2.39. The normalized spacial score (nSPS) is 17.0. The van der Waals surface area contributed by atoms with E-state index in [0.717, 1.165) is 60.6 Å². The van der Waals surface area contributed by atoms with Crippen LogP contribution in [0.5, 0.6) is 0 Å². The van der Waals surface area contributed by atoms with Crippen LogP contribution >= 0.6 is 0 Å². The second-order valence-electron chi connectivity index (χ2n) is 12.3. The minimum Gasteiger partial charge on any atom is -0.479 e. The van der Waals surface area contributed by atoms with E-state index in [1.54, 1.807) is 0 Å². The van der Waals surface area contributed by atoms with Gasteiger partial charge in [-0.3, -0.25) is 4.98 Å². The molecule has 0 saturated carbocycles. The molecule has 5 nitrogen and oxygen atoms in total. The van der Waals surface area contributed by atoms with Gasteiger partial charge in [-0.1, -0.05) is 52.0 Å². The van der Waals surface area contributed by atoms with E-state index in [9.17, 15) is 9.90 Å². The summed E-state index contributed by atoms with van der Waals surface area (Å²) in [6.07, 6.45) is 2.05. The summed E-state index contributed by atoms with van der Waals surface area (Å²) in [5.41, 5.74) is 6.36. The largest absolute Gasteiger partial charge is 0.479 e. The molecule has 0 spiro atoms. The van der Waals surface area contributed by atoms with Gasteiger partial charge in [0.05, 0.1) is 11.3 Å². The molecule has 192 valence electrons. The van der Waals surface area contributed by atoms with Gasteiger partial charge in [-0.15, -0.1) is 0 Å². The Bertz CT molecular complexity index is 1040. The Morgan fingerprint density at radius 1 is 1.09 bits per heavy atom. The number of aromatic nitrogens is 1. The maximum absolute atomic E-state index is 12.6. The molecule has 0 aliphatic carbocycles. The predicted molar refractivity (Wildman–Crippen MR) is 144 cm³/mol. The first-order chi connectivity index (χ1) is 16.2. The van der Waals surface area contributed by atoms with E-state index in [4.69, 9.17) is 9.72 Å². The van der Waals surface area contributed by atoms with Gasteiger partial charge in [0.1, 0.15) is 0 Å². The highest BCUT2D eigenvalue weighted by atomic mass is 16.5. The summed E-state index contributed by atoms with van der Waals surface area (Å²) in [5, 5.41) is 10.3. The minimum absolute atomic E-state index is 0.278. The molecule has 1 aromatic carbocycles. The molecule has 1 atom stereocenters. The van der Waals surface area contributed by atoms with Crippen molar-refractivity contribution in [2.75, 3.05) is 18.0 Å². The molecule has 0 amide bonds. The van der Waals surface area contributed by atoms with Crippen LogP contribution in [0.1, 0.15) is 89.9 Å². The number of pyridine rings is 1. The molecular formula is C30H44N2O3. The van der Waals surface area contributed by atoms with Crippen LogP contribution in [0.3, 0.4) is 0 Å². The molecule has 1 N–H and O–H groups in total. The fourth-order valence-corrected chi connectivity index (χ4v) is 5.03. The van der Waals surface area contributed by atoms with Gasteiger partial charge >= 0.3 is 5.97 Å². The molecule has 0 bridgehead atoms. The summed E-state index contributed by atoms with van der Waals surface area (Å²) in [5.74, 6) is -0.390. The third kappa shape index (κ3) is 6.63. The highest BCUT2D eigenvalue weighted by molar-refractivity contribution is 5.88. The molecule has 2 aromatic rings. The first-order valence-corrected chi connectivity index (χ1v) is 12.9. The minimum atomic E-state index is -1.09. The van der Waals surface area contributed by atoms with Crippen molar-refractivity contribution < 1.29 is 14.6 Å². The number of piperidine rings is 1. The number of ether oxygens (including phenoxy) is 1. The van der Waals surface area contributed by atoms with E-state index >= 15 is 0 Å². The van der Waals surface area contributed by atoms with Crippen molar-refractivity contribution in [1.29, 1.82) is 0 Å². The lowest BCUT2D eigenvalue weighted by Gasteiger charge is -2.41. The number of carbonyl (C=O) groups is 1. The van der Waals surface area contributed by atoms with Crippen molar-refractivity contribution >= 4 is 11.7 Å². The number of hydrogen-bond acceptors (Lipinski definition) is 4. The number of aliphatic carboxylic acids is 1. The molecular weight excluding hydrogens is 436 g/mol. The highest BCUT2D eigenvalue weighted by Crippen LogP contribution is 2.44. The van der Waals surface area contributed by atoms with E-state index in [1.807, 2.05) is 34.6 Å². The number of anilines is 1. The summed E-state index contributed by atoms with van der Waals surface area (Å²) in [4.78, 5) is 19.8. The summed E-state index contributed by atoms with van der Waals surface area (Å²) < 4.78 is 6.17. The van der Waals surface area contributed by atoms with E-state index < -0.39 is 17.7 Å². The Hall–Kier alpha value is -2.40. The Labute approximate surface area is 211 Å². The predicted octanol–water partition coefficient (Wildman–Crippen LogP) is 7.13. The fraction of sp³-hybridized carbons (Fsp3) is 0.600. The Balaban J connectivity index is 2.24. The maximum atomic E-state index is 12.6. The van der Waals surface area contributed by atoms with Crippen LogP contribution in [0.2, 0.25) is 0 Å². The van der Waals surface area contributed by atoms with Crippen LogP contribution in [0, 0.1) is 25.2 Å². The summed E-state index contributed by atoms with van der Waals surface area (Å²) >= 11 is 0. The molecule has 0 radical (unpaired) electrons. The number of carboxylic acids is 1. The van der Waals surface area contributed by atoms with Crippen LogP contribution < -0.4 is 4.90 Å². The zero-order chi connectivity index (χ0) is 26.1. The Morgan fingerprint density at radius 3 is 2.14 bits per heavy atom. The SMILES string of the molecule is Cc1nc(C)c(C(OC(C)(C)C)C(=O)O)c(N2CCC(C)(C)CC2)c1-c1ccc(CC(C)C)cc1. The highest BCUT2D eigenvalue weighted by Gasteiger charge is 2.36. The topological polar surface area (TPSA) is 62.7 Å². The van der Waals surface area contributed by atoms with Crippen LogP contribution in [0.4, 0.5) is 5.69 Å². The zero-order valence-corrected chi connectivity index (χ0v) is 23.2. The van der Waals surface area contributed by atoms with Crippen molar-refractivity contribution in [2.24, 2.45) is 11.3 Å². The monoisotopic (exact) mass is 480 g/mol. The molecule has 1 aliphatic rings. The number of carboxylic acid groups (broad SMARTS) is 1. The van der Waals surface area contributed by atoms with E-state index in [0.29, 0.717) is 11.5 Å². The molecule has 1 aliphatic heterocycles. The van der Waals surface area contributed by atoms with Crippen molar-refractivity contribution in [3.8, 4) is 11.1 Å². The van der Waals surface area contributed by atoms with Crippen molar-refractivity contribution in [2.45, 2.75) is 93.3 Å². The van der Waals surface area contributed by atoms with E-state index in [1.165, 1.54) is 5.56 Å². The average Bonchev–Trinajstić information content (AvgIpc) is 2.72. The number of rotatable bonds is 7. The van der Waals surface area contributed by atoms with Gasteiger partial charge in [-0.2, -0.15) is 0 Å². The third-order valence-electron chi connectivity index (χ3n) is 6.86. The maximum Gasteiger partial charge on any atom is 0.337 e. The number of benzene rings is 1. The van der Waals surface area contributed by atoms with Crippen LogP contribution in [0.15, 0.2) is 24.3 Å². The van der Waals surface area contributed by atoms with Gasteiger partial charge in [-0.25, -0.2) is 4.79 Å². The van der Waals surface area contributed by atoms with Crippen LogP contribution in [0.25, 0.3) is 11.1 Å². The quantitative estimate of drug-likeness (QED) is 0.457. The fourth-order valence-electron chi connectivity index (χ4n) is 5.03. The molecule has 35 heavy (non-hydrogen) atoms. The molecule has 1 fully saturated rings. The lowest BCUT2D eigenvalue weighted by molar-refractivity contribution is -0.160. The second kappa shape index (κ2) is 10.3. The number of hydrogen-bond donors (Lipinski definition) is 1. The smallest absolute Gasteiger partial charge is 0.337 e. The van der Waals surface area contributed by atoms with Crippen LogP contribution in [-0.4, -0.2) is 34.8 Å². The molecule has 5 heteroatoms. The van der Waals surface area contributed by atoms with Crippen molar-refractivity contribution in [1.82, 2.24) is 4.98 Å². The standard InChI is InChI=1S/C30H44N2O3/c1-19(2)18-22-10-12-23(13-11-22)24-20(3)31-21(4)25(27(28(33)34)35-29(5,6)7)26(24)32-16-14-30(8,9)15-17-32/h10-13,19,27H,14-18H2,1-9H3,(H,33,34). The Kier molecular flexibility index (Phi) is 8.00. The zero-order valence-electron chi connectivity index (χ0n) is 23.2. The molecule has 2 heterocycles. The van der Waals surface area contributed by atoms with Gasteiger partial charge in [-0.05, 0) is 76.3 Å². The first-order valence-electron chi connectivity index (χ1n) is 12.9. The van der Waals surface area contributed by atoms with E-state index in [-0.39, 0.29) is 5.41 Å². The Morgan fingerprint density at radius 2 is 1.66 bits per heavy atom. The van der Waals surface area contributed by atoms with Gasteiger partial charge in [0.25, 0.3) is 0 Å². The summed E-state index contributed by atoms with van der Waals surface area (Å²) in [6.45, 7) is 20.5. The van der Waals surface area contributed by atoms with E-state index in [2.05, 4.69) is 56.9 Å². The first kappa shape index (κ1) is 27.2. The number of nitrogens with zero attached hydrogens (tertiary/aromatic N) is 2. The van der Waals surface area contributed by atoms with Crippen LogP contribution in [-0.2, 0) is 16.0 Å². The summed E-state index contributed by atoms with van der Waals surface area (Å²) in [6, 6.07) is 8.71. The lowest BCUT2D eigenvalue weighted by atomic mass is 9.81. The molecule has 1 unspecified atom stereocenters. The third-order valence-corrected chi connectivity index (χ3v) is 6.86. The van der Waals surface area contributed by atoms with Crippen molar-refractivity contribution in [3.63, 3.8) is 0 Å². The average molecular weight is 481 g/mol. The van der Waals surface area contributed by atoms with Gasteiger partial charge in [0.15, 0.2) is 6.10 Å². The number of aryl methyl sites for hydroxylation is 2. The van der Waals surface area contributed by atoms with Gasteiger partial charge < -0.3 is 14.7 Å². The second-order valence-corrected chi connectivity index (χ2v) is 12.3. The molecule has 1 aromatic heterocycles. The molecule has 3 rings (SSSR count).